The smallest absolute Gasteiger partial charge is 0.000391 e. The van der Waals surface area contributed by atoms with Crippen molar-refractivity contribution in [3.8, 4) is 0 Å². The Balaban J connectivity index is 1.71. The monoisotopic (exact) mass is 248 g/mol. The first kappa shape index (κ1) is 11.3. The zero-order chi connectivity index (χ0) is 13.1. The average molecular weight is 248 g/mol. The highest BCUT2D eigenvalue weighted by molar-refractivity contribution is 5.53. The van der Waals surface area contributed by atoms with Crippen LogP contribution in [0.15, 0.2) is 60.7 Å². The van der Waals surface area contributed by atoms with Gasteiger partial charge in [0, 0.05) is 0 Å². The van der Waals surface area contributed by atoms with Gasteiger partial charge in [-0.3, -0.25) is 0 Å². The van der Waals surface area contributed by atoms with Gasteiger partial charge in [-0.05, 0) is 40.2 Å². The van der Waals surface area contributed by atoms with Crippen LogP contribution in [0.2, 0.25) is 0 Å². The van der Waals surface area contributed by atoms with E-state index in [2.05, 4.69) is 74.5 Å². The molecule has 0 radical (unpaired) electrons. The highest BCUT2D eigenvalue weighted by Gasteiger charge is 2.83. The summed E-state index contributed by atoms with van der Waals surface area (Å²) < 4.78 is 0. The van der Waals surface area contributed by atoms with Crippen LogP contribution in [0.25, 0.3) is 0 Å². The second kappa shape index (κ2) is 3.30. The third-order valence-electron chi connectivity index (χ3n) is 5.99. The lowest BCUT2D eigenvalue weighted by molar-refractivity contribution is 0.568. The Morgan fingerprint density at radius 3 is 1.37 bits per heavy atom. The van der Waals surface area contributed by atoms with Crippen LogP contribution in [0, 0.1) is 5.41 Å². The molecule has 2 saturated carbocycles. The van der Waals surface area contributed by atoms with Gasteiger partial charge in [-0.1, -0.05) is 74.5 Å². The van der Waals surface area contributed by atoms with E-state index in [9.17, 15) is 0 Å². The maximum absolute atomic E-state index is 2.45. The fourth-order valence-corrected chi connectivity index (χ4v) is 4.55. The molecule has 2 fully saturated rings. The molecule has 2 aliphatic rings. The Hall–Kier alpha value is -1.56. The first-order chi connectivity index (χ1) is 9.12. The fourth-order valence-electron chi connectivity index (χ4n) is 4.55. The topological polar surface area (TPSA) is 0 Å². The predicted molar refractivity (Wildman–Crippen MR) is 79.3 cm³/mol. The first-order valence-electron chi connectivity index (χ1n) is 7.24. The molecule has 0 bridgehead atoms. The van der Waals surface area contributed by atoms with E-state index in [1.54, 1.807) is 0 Å². The highest BCUT2D eigenvalue weighted by atomic mass is 14.9. The Morgan fingerprint density at radius 2 is 1.00 bits per heavy atom. The summed E-state index contributed by atoms with van der Waals surface area (Å²) in [5.74, 6) is 0. The Labute approximate surface area is 115 Å². The lowest BCUT2D eigenvalue weighted by Crippen LogP contribution is -2.12. The second-order valence-corrected chi connectivity index (χ2v) is 6.83. The molecule has 4 rings (SSSR count). The minimum atomic E-state index is 0.388. The molecule has 2 aromatic carbocycles. The third kappa shape index (κ3) is 1.25. The van der Waals surface area contributed by atoms with E-state index in [1.807, 2.05) is 0 Å². The van der Waals surface area contributed by atoms with E-state index in [-0.39, 0.29) is 0 Å². The van der Waals surface area contributed by atoms with Crippen LogP contribution in [0.4, 0.5) is 0 Å². The third-order valence-corrected chi connectivity index (χ3v) is 5.99. The molecule has 0 aromatic heterocycles. The van der Waals surface area contributed by atoms with Crippen molar-refractivity contribution < 1.29 is 0 Å². The van der Waals surface area contributed by atoms with Gasteiger partial charge in [0.15, 0.2) is 0 Å². The molecule has 0 amide bonds. The molecule has 2 atom stereocenters. The average Bonchev–Trinajstić information content (AvgIpc) is 3.28. The molecule has 0 aliphatic heterocycles. The molecule has 96 valence electrons. The minimum absolute atomic E-state index is 0.388. The van der Waals surface area contributed by atoms with Gasteiger partial charge in [0.05, 0.1) is 0 Å². The molecule has 0 heterocycles. The number of benzene rings is 2. The zero-order valence-corrected chi connectivity index (χ0v) is 11.7. The molecular formula is C19H20. The lowest BCUT2D eigenvalue weighted by atomic mass is 9.87. The molecule has 0 saturated heterocycles. The van der Waals surface area contributed by atoms with Crippen LogP contribution in [0.5, 0.6) is 0 Å². The van der Waals surface area contributed by atoms with Crippen LogP contribution in [-0.4, -0.2) is 0 Å². The molecule has 1 spiro atoms. The van der Waals surface area contributed by atoms with Crippen molar-refractivity contribution in [1.82, 2.24) is 0 Å². The van der Waals surface area contributed by atoms with Crippen LogP contribution in [0.1, 0.15) is 37.8 Å². The van der Waals surface area contributed by atoms with Crippen LogP contribution < -0.4 is 0 Å². The predicted octanol–water partition coefficient (Wildman–Crippen LogP) is 4.70. The van der Waals surface area contributed by atoms with Gasteiger partial charge in [-0.25, -0.2) is 0 Å². The second-order valence-electron chi connectivity index (χ2n) is 6.83. The molecule has 0 N–H and O–H groups in total. The van der Waals surface area contributed by atoms with Crippen molar-refractivity contribution in [2.24, 2.45) is 5.41 Å². The summed E-state index contributed by atoms with van der Waals surface area (Å²) in [6.07, 6.45) is 2.69. The van der Waals surface area contributed by atoms with Crippen molar-refractivity contribution in [2.45, 2.75) is 37.5 Å². The highest BCUT2D eigenvalue weighted by Crippen LogP contribution is 2.87. The van der Waals surface area contributed by atoms with Gasteiger partial charge in [-0.2, -0.15) is 0 Å². The van der Waals surface area contributed by atoms with E-state index in [0.717, 1.165) is 0 Å². The van der Waals surface area contributed by atoms with Gasteiger partial charge in [0.25, 0.3) is 0 Å². The maximum Gasteiger partial charge on any atom is -0.000391 e. The summed E-state index contributed by atoms with van der Waals surface area (Å²) in [5, 5.41) is 0. The van der Waals surface area contributed by atoms with Crippen LogP contribution >= 0.6 is 0 Å². The summed E-state index contributed by atoms with van der Waals surface area (Å²) in [6.45, 7) is 4.91. The molecule has 2 aromatic rings. The van der Waals surface area contributed by atoms with Crippen LogP contribution in [0.3, 0.4) is 0 Å². The van der Waals surface area contributed by atoms with Crippen molar-refractivity contribution in [2.75, 3.05) is 0 Å². The van der Waals surface area contributed by atoms with E-state index in [4.69, 9.17) is 0 Å². The standard InChI is InChI=1S/C19H20/c1-17(15-9-5-3-6-10-15)13-19(17)14-18(19,2)16-11-7-4-8-12-16/h3-12H,13-14H2,1-2H3. The van der Waals surface area contributed by atoms with Crippen molar-refractivity contribution in [3.05, 3.63) is 71.8 Å². The number of hydrogen-bond acceptors (Lipinski definition) is 0. The van der Waals surface area contributed by atoms with Crippen LogP contribution in [-0.2, 0) is 10.8 Å². The molecule has 2 aliphatic carbocycles. The summed E-state index contributed by atoms with van der Waals surface area (Å²) in [7, 11) is 0. The largest absolute Gasteiger partial charge is 0.0622 e. The normalized spacial score (nSPS) is 39.3. The van der Waals surface area contributed by atoms with E-state index in [1.165, 1.54) is 24.0 Å². The fraction of sp³-hybridized carbons (Fsp3) is 0.368. The zero-order valence-electron chi connectivity index (χ0n) is 11.7. The maximum atomic E-state index is 2.45. The molecular weight excluding hydrogens is 228 g/mol. The molecule has 19 heavy (non-hydrogen) atoms. The Morgan fingerprint density at radius 1 is 0.632 bits per heavy atom. The van der Waals surface area contributed by atoms with Crippen molar-refractivity contribution >= 4 is 0 Å². The number of hydrogen-bond donors (Lipinski definition) is 0. The summed E-state index contributed by atoms with van der Waals surface area (Å²) in [5.41, 5.74) is 4.34. The summed E-state index contributed by atoms with van der Waals surface area (Å²) in [4.78, 5) is 0. The molecule has 2 unspecified atom stereocenters. The van der Waals surface area contributed by atoms with E-state index < -0.39 is 0 Å². The first-order valence-corrected chi connectivity index (χ1v) is 7.24. The SMILES string of the molecule is CC1(c2ccccc2)CC12CC2(C)c1ccccc1. The van der Waals surface area contributed by atoms with Gasteiger partial charge in [0.1, 0.15) is 0 Å². The quantitative estimate of drug-likeness (QED) is 0.723. The minimum Gasteiger partial charge on any atom is -0.0622 e. The summed E-state index contributed by atoms with van der Waals surface area (Å²) in [6, 6.07) is 22.2. The van der Waals surface area contributed by atoms with E-state index in [0.29, 0.717) is 16.2 Å². The van der Waals surface area contributed by atoms with Crippen molar-refractivity contribution in [3.63, 3.8) is 0 Å². The lowest BCUT2D eigenvalue weighted by Gasteiger charge is -2.16. The Bertz CT molecular complexity index is 556. The molecule has 0 heteroatoms. The Kier molecular flexibility index (Phi) is 1.96. The summed E-state index contributed by atoms with van der Waals surface area (Å²) >= 11 is 0. The molecule has 0 nitrogen and oxygen atoms in total. The van der Waals surface area contributed by atoms with E-state index >= 15 is 0 Å². The van der Waals surface area contributed by atoms with Gasteiger partial charge in [-0.15, -0.1) is 0 Å². The van der Waals surface area contributed by atoms with Gasteiger partial charge < -0.3 is 0 Å². The van der Waals surface area contributed by atoms with Gasteiger partial charge >= 0.3 is 0 Å². The van der Waals surface area contributed by atoms with Gasteiger partial charge in [0.2, 0.25) is 0 Å². The number of rotatable bonds is 2. The van der Waals surface area contributed by atoms with Crippen molar-refractivity contribution in [1.29, 1.82) is 0 Å².